The van der Waals surface area contributed by atoms with Crippen molar-refractivity contribution in [2.75, 3.05) is 52.4 Å². The number of carbonyl (C=O) groups excluding carboxylic acids is 5. The second-order valence-corrected chi connectivity index (χ2v) is 12.2. The van der Waals surface area contributed by atoms with Gasteiger partial charge in [0, 0.05) is 65.3 Å². The van der Waals surface area contributed by atoms with Crippen molar-refractivity contribution in [3.8, 4) is 0 Å². The van der Waals surface area contributed by atoms with Crippen LogP contribution in [0.1, 0.15) is 90.4 Å². The summed E-state index contributed by atoms with van der Waals surface area (Å²) in [6, 6.07) is 0. The van der Waals surface area contributed by atoms with Crippen LogP contribution in [0.5, 0.6) is 0 Å². The van der Waals surface area contributed by atoms with Crippen LogP contribution in [-0.4, -0.2) is 147 Å². The zero-order chi connectivity index (χ0) is 36.7. The lowest BCUT2D eigenvalue weighted by molar-refractivity contribution is -0.226. The Kier molecular flexibility index (Phi) is 22.5. The Labute approximate surface area is 287 Å². The van der Waals surface area contributed by atoms with E-state index < -0.39 is 42.5 Å². The van der Waals surface area contributed by atoms with E-state index in [-0.39, 0.29) is 63.0 Å². The molecular weight excluding hydrogens is 648 g/mol. The maximum Gasteiger partial charge on any atom is 0.246 e. The topological polar surface area (TPSA) is 271 Å². The van der Waals surface area contributed by atoms with Gasteiger partial charge in [-0.05, 0) is 57.9 Å². The van der Waals surface area contributed by atoms with Crippen molar-refractivity contribution >= 4 is 29.5 Å². The highest BCUT2D eigenvalue weighted by atomic mass is 16.7. The molecule has 0 radical (unpaired) electrons. The average molecular weight is 707 g/mol. The summed E-state index contributed by atoms with van der Waals surface area (Å²) >= 11 is 0. The molecule has 1 rings (SSSR count). The van der Waals surface area contributed by atoms with Crippen LogP contribution in [0.2, 0.25) is 0 Å². The Morgan fingerprint density at radius 2 is 1.12 bits per heavy atom. The van der Waals surface area contributed by atoms with Gasteiger partial charge in [0.1, 0.15) is 18.3 Å². The van der Waals surface area contributed by atoms with Crippen molar-refractivity contribution < 1.29 is 59.6 Å². The highest BCUT2D eigenvalue weighted by Gasteiger charge is 2.52. The first-order valence-electron chi connectivity index (χ1n) is 17.1. The number of carbonyl (C=O) groups is 5. The third-order valence-electron chi connectivity index (χ3n) is 7.93. The number of amides is 5. The van der Waals surface area contributed by atoms with Crippen LogP contribution in [0.25, 0.3) is 0 Å². The maximum atomic E-state index is 12.1. The van der Waals surface area contributed by atoms with Crippen LogP contribution >= 0.6 is 0 Å². The van der Waals surface area contributed by atoms with E-state index in [0.29, 0.717) is 74.8 Å². The van der Waals surface area contributed by atoms with Gasteiger partial charge in [0.2, 0.25) is 35.3 Å². The molecular formula is C31H58N6O12. The number of aliphatic hydroxyl groups excluding tert-OH is 3. The predicted octanol–water partition coefficient (Wildman–Crippen LogP) is -1.75. The summed E-state index contributed by atoms with van der Waals surface area (Å²) in [7, 11) is 0. The summed E-state index contributed by atoms with van der Waals surface area (Å²) in [5.74, 6) is -3.84. The van der Waals surface area contributed by atoms with Crippen molar-refractivity contribution in [1.82, 2.24) is 31.4 Å². The molecule has 4 unspecified atom stereocenters. The molecule has 1 aliphatic rings. The molecule has 10 N–H and O–H groups in total. The summed E-state index contributed by atoms with van der Waals surface area (Å²) in [6.45, 7) is 2.78. The van der Waals surface area contributed by atoms with Gasteiger partial charge in [-0.25, -0.2) is 10.1 Å². The van der Waals surface area contributed by atoms with Gasteiger partial charge in [0.05, 0.1) is 13.2 Å². The number of nitrogens with one attached hydrogen (secondary N) is 4. The Morgan fingerprint density at radius 1 is 0.673 bits per heavy atom. The number of unbranched alkanes of at least 4 members (excludes halogenated alkanes) is 6. The number of nitrogens with zero attached hydrogens (tertiary/aromatic N) is 2. The second-order valence-electron chi connectivity index (χ2n) is 12.2. The summed E-state index contributed by atoms with van der Waals surface area (Å²) in [5, 5.41) is 71.2. The van der Waals surface area contributed by atoms with E-state index in [4.69, 9.17) is 9.84 Å². The van der Waals surface area contributed by atoms with E-state index in [1.807, 2.05) is 0 Å². The molecule has 0 aromatic carbocycles. The molecule has 49 heavy (non-hydrogen) atoms. The van der Waals surface area contributed by atoms with Crippen molar-refractivity contribution in [1.29, 1.82) is 0 Å². The molecule has 5 amide bonds. The first-order valence-corrected chi connectivity index (χ1v) is 17.1. The molecule has 18 nitrogen and oxygen atoms in total. The van der Waals surface area contributed by atoms with Crippen molar-refractivity contribution in [2.45, 2.75) is 114 Å². The van der Waals surface area contributed by atoms with Crippen LogP contribution in [0.15, 0.2) is 0 Å². The first kappa shape index (κ1) is 44.1. The van der Waals surface area contributed by atoms with Crippen molar-refractivity contribution in [2.24, 2.45) is 0 Å². The molecule has 0 aromatic rings. The molecule has 0 aliphatic carbocycles. The van der Waals surface area contributed by atoms with Crippen LogP contribution in [0.3, 0.4) is 0 Å². The van der Waals surface area contributed by atoms with E-state index in [2.05, 4.69) is 21.3 Å². The third kappa shape index (κ3) is 19.1. The highest BCUT2D eigenvalue weighted by Crippen LogP contribution is 2.28. The van der Waals surface area contributed by atoms with E-state index in [0.717, 1.165) is 19.3 Å². The van der Waals surface area contributed by atoms with E-state index >= 15 is 0 Å². The molecule has 0 bridgehead atoms. The van der Waals surface area contributed by atoms with Gasteiger partial charge in [0.25, 0.3) is 0 Å². The summed E-state index contributed by atoms with van der Waals surface area (Å²) in [5.41, 5.74) is 0. The number of ether oxygens (including phenoxy) is 1. The molecule has 18 heteroatoms. The lowest BCUT2D eigenvalue weighted by Crippen LogP contribution is -2.50. The molecule has 1 heterocycles. The van der Waals surface area contributed by atoms with E-state index in [1.165, 1.54) is 6.92 Å². The zero-order valence-electron chi connectivity index (χ0n) is 28.6. The molecule has 0 saturated carbocycles. The summed E-state index contributed by atoms with van der Waals surface area (Å²) in [4.78, 5) is 58.9. The smallest absolute Gasteiger partial charge is 0.246 e. The van der Waals surface area contributed by atoms with Gasteiger partial charge in [-0.3, -0.25) is 34.4 Å². The van der Waals surface area contributed by atoms with Crippen LogP contribution < -0.4 is 21.3 Å². The monoisotopic (exact) mass is 706 g/mol. The van der Waals surface area contributed by atoms with Gasteiger partial charge in [0.15, 0.2) is 0 Å². The van der Waals surface area contributed by atoms with Gasteiger partial charge < -0.3 is 46.4 Å². The maximum absolute atomic E-state index is 12.1. The fourth-order valence-corrected chi connectivity index (χ4v) is 4.95. The zero-order valence-corrected chi connectivity index (χ0v) is 28.6. The quantitative estimate of drug-likeness (QED) is 0.0258. The molecule has 1 aliphatic heterocycles. The molecule has 1 saturated heterocycles. The molecule has 0 aromatic heterocycles. The standard InChI is InChI=1S/C31H58N6O12/c1-23(39)33-16-6-2-7-17-34-25(40)11-13-28(43)37(48)20-10-4-8-18-35-26(41)12-14-27(42)36(47)19-9-3-5-15-32-22-31(46)30(45)29(44)24(21-38)49-31/h24,29-30,32,38,44-48H,2-22H2,1H3,(H,33,39)(H,34,40)(H,35,41). The van der Waals surface area contributed by atoms with Crippen LogP contribution in [-0.2, 0) is 28.7 Å². The fraction of sp³-hybridized carbons (Fsp3) is 0.839. The minimum Gasteiger partial charge on any atom is -0.394 e. The van der Waals surface area contributed by atoms with E-state index in [9.17, 15) is 49.7 Å². The Morgan fingerprint density at radius 3 is 1.57 bits per heavy atom. The molecule has 284 valence electrons. The molecule has 1 fully saturated rings. The Balaban J connectivity index is 2.01. The average Bonchev–Trinajstić information content (AvgIpc) is 3.29. The summed E-state index contributed by atoms with van der Waals surface area (Å²) in [6.07, 6.45) is 1.43. The van der Waals surface area contributed by atoms with Gasteiger partial charge in [-0.2, -0.15) is 0 Å². The number of hydroxylamine groups is 4. The SMILES string of the molecule is CC(=O)NCCCCCNC(=O)CCC(=O)N(O)CCCCCNC(=O)CCC(=O)N(O)CCCCCNCC1(O)OC(CO)C(O)C1O. The number of aliphatic hydroxyl groups is 4. The minimum absolute atomic E-state index is 0.0280. The van der Waals surface area contributed by atoms with Crippen LogP contribution in [0, 0.1) is 0 Å². The predicted molar refractivity (Wildman–Crippen MR) is 174 cm³/mol. The van der Waals surface area contributed by atoms with Crippen LogP contribution in [0.4, 0.5) is 0 Å². The Hall–Kier alpha value is -2.97. The minimum atomic E-state index is -2.02. The molecule has 0 spiro atoms. The lowest BCUT2D eigenvalue weighted by Gasteiger charge is -2.26. The van der Waals surface area contributed by atoms with Crippen molar-refractivity contribution in [3.63, 3.8) is 0 Å². The third-order valence-corrected chi connectivity index (χ3v) is 7.93. The highest BCUT2D eigenvalue weighted by molar-refractivity contribution is 5.83. The van der Waals surface area contributed by atoms with E-state index in [1.54, 1.807) is 0 Å². The lowest BCUT2D eigenvalue weighted by atomic mass is 10.1. The van der Waals surface area contributed by atoms with Gasteiger partial charge in [-0.15, -0.1) is 0 Å². The second kappa shape index (κ2) is 25.1. The largest absolute Gasteiger partial charge is 0.394 e. The van der Waals surface area contributed by atoms with Crippen molar-refractivity contribution in [3.05, 3.63) is 0 Å². The first-order chi connectivity index (χ1) is 23.3. The number of rotatable bonds is 27. The number of hydrogen-bond acceptors (Lipinski definition) is 13. The normalized spacial score (nSPS) is 20.1. The van der Waals surface area contributed by atoms with Gasteiger partial charge in [-0.1, -0.05) is 6.42 Å². The fourth-order valence-electron chi connectivity index (χ4n) is 4.95. The number of hydrogen-bond donors (Lipinski definition) is 10. The molecule has 4 atom stereocenters. The Bertz CT molecular complexity index is 1010. The van der Waals surface area contributed by atoms with Gasteiger partial charge >= 0.3 is 0 Å². The summed E-state index contributed by atoms with van der Waals surface area (Å²) < 4.78 is 5.13.